The van der Waals surface area contributed by atoms with E-state index in [-0.39, 0.29) is 5.82 Å². The summed E-state index contributed by atoms with van der Waals surface area (Å²) in [6.07, 6.45) is 3.79. The van der Waals surface area contributed by atoms with Gasteiger partial charge in [-0.15, -0.1) is 0 Å². The average molecular weight is 290 g/mol. The first-order valence-corrected chi connectivity index (χ1v) is 6.85. The van der Waals surface area contributed by atoms with Crippen molar-refractivity contribution in [1.82, 2.24) is 14.5 Å². The number of rotatable bonds is 3. The van der Waals surface area contributed by atoms with Gasteiger partial charge in [0, 0.05) is 37.6 Å². The number of benzene rings is 1. The molecule has 0 unspecified atom stereocenters. The molecule has 0 radical (unpaired) electrons. The first-order chi connectivity index (χ1) is 9.63. The third-order valence-corrected chi connectivity index (χ3v) is 3.77. The van der Waals surface area contributed by atoms with Gasteiger partial charge in [-0.05, 0) is 23.8 Å². The van der Waals surface area contributed by atoms with E-state index >= 15 is 0 Å². The Balaban J connectivity index is 1.82. The molecule has 0 atom stereocenters. The predicted octanol–water partition coefficient (Wildman–Crippen LogP) is 1.67. The minimum absolute atomic E-state index is 0.265. The molecule has 0 bridgehead atoms. The van der Waals surface area contributed by atoms with Gasteiger partial charge >= 0.3 is 0 Å². The molecule has 2 aromatic rings. The van der Waals surface area contributed by atoms with Crippen LogP contribution in [0.15, 0.2) is 30.6 Å². The highest BCUT2D eigenvalue weighted by molar-refractivity contribution is 7.80. The van der Waals surface area contributed by atoms with E-state index in [4.69, 9.17) is 18.0 Å². The lowest BCUT2D eigenvalue weighted by molar-refractivity contribution is 0.208. The number of fused-ring (bicyclic) bond motifs is 1. The third-order valence-electron chi connectivity index (χ3n) is 3.55. The number of thiocarbonyl (C=S) groups is 1. The van der Waals surface area contributed by atoms with Gasteiger partial charge in [-0.2, -0.15) is 0 Å². The molecular weight excluding hydrogens is 275 g/mol. The molecule has 3 rings (SSSR count). The van der Waals surface area contributed by atoms with Gasteiger partial charge in [0.25, 0.3) is 0 Å². The topological polar surface area (TPSA) is 47.1 Å². The van der Waals surface area contributed by atoms with Gasteiger partial charge in [0.1, 0.15) is 16.6 Å². The van der Waals surface area contributed by atoms with E-state index in [1.165, 1.54) is 12.1 Å². The first-order valence-electron chi connectivity index (χ1n) is 6.44. The molecule has 20 heavy (non-hydrogen) atoms. The number of nitrogens with two attached hydrogens (primary N) is 1. The molecule has 1 aromatic heterocycles. The molecular formula is C14H15FN4S. The van der Waals surface area contributed by atoms with Crippen molar-refractivity contribution < 1.29 is 4.39 Å². The van der Waals surface area contributed by atoms with Crippen molar-refractivity contribution in [2.24, 2.45) is 5.73 Å². The van der Waals surface area contributed by atoms with E-state index in [0.29, 0.717) is 11.5 Å². The van der Waals surface area contributed by atoms with Crippen molar-refractivity contribution in [3.05, 3.63) is 53.4 Å². The maximum Gasteiger partial charge on any atom is 0.123 e. The predicted molar refractivity (Wildman–Crippen MR) is 78.6 cm³/mol. The zero-order valence-corrected chi connectivity index (χ0v) is 11.7. The van der Waals surface area contributed by atoms with Crippen molar-refractivity contribution in [3.8, 4) is 0 Å². The number of aromatic nitrogens is 2. The highest BCUT2D eigenvalue weighted by Crippen LogP contribution is 2.18. The number of hydrogen-bond acceptors (Lipinski definition) is 3. The molecule has 0 saturated carbocycles. The zero-order valence-electron chi connectivity index (χ0n) is 10.9. The smallest absolute Gasteiger partial charge is 0.123 e. The highest BCUT2D eigenvalue weighted by atomic mass is 32.1. The molecule has 2 heterocycles. The minimum atomic E-state index is -0.265. The summed E-state index contributed by atoms with van der Waals surface area (Å²) in [7, 11) is 0. The Morgan fingerprint density at radius 1 is 1.40 bits per heavy atom. The Labute approximate surface area is 122 Å². The first kappa shape index (κ1) is 13.2. The fraction of sp³-hybridized carbons (Fsp3) is 0.286. The second kappa shape index (κ2) is 5.30. The summed E-state index contributed by atoms with van der Waals surface area (Å²) in [6, 6.07) is 4.55. The maximum atomic E-state index is 13.4. The standard InChI is InChI=1S/C14H15FN4S/c15-11-1-2-12(14(16)20)10(7-11)8-18-5-6-19-4-3-17-13(19)9-18/h1-4,7H,5-6,8-9H2,(H2,16,20). The Bertz CT molecular complexity index is 652. The van der Waals surface area contributed by atoms with Gasteiger partial charge in [-0.25, -0.2) is 9.37 Å². The fourth-order valence-electron chi connectivity index (χ4n) is 2.53. The molecule has 2 N–H and O–H groups in total. The Morgan fingerprint density at radius 3 is 3.05 bits per heavy atom. The molecule has 0 amide bonds. The van der Waals surface area contributed by atoms with Crippen LogP contribution < -0.4 is 5.73 Å². The van der Waals surface area contributed by atoms with Crippen LogP contribution in [0.4, 0.5) is 4.39 Å². The van der Waals surface area contributed by atoms with Gasteiger partial charge in [0.05, 0.1) is 6.54 Å². The third kappa shape index (κ3) is 2.57. The Morgan fingerprint density at radius 2 is 2.25 bits per heavy atom. The van der Waals surface area contributed by atoms with Gasteiger partial charge < -0.3 is 10.3 Å². The lowest BCUT2D eigenvalue weighted by Crippen LogP contribution is -2.33. The van der Waals surface area contributed by atoms with Crippen LogP contribution in [0.5, 0.6) is 0 Å². The van der Waals surface area contributed by atoms with E-state index < -0.39 is 0 Å². The van der Waals surface area contributed by atoms with Crippen LogP contribution in [0.3, 0.4) is 0 Å². The SMILES string of the molecule is NC(=S)c1ccc(F)cc1CN1CCn2ccnc2C1. The van der Waals surface area contributed by atoms with E-state index in [1.54, 1.807) is 6.07 Å². The molecule has 4 nitrogen and oxygen atoms in total. The van der Waals surface area contributed by atoms with Crippen LogP contribution in [-0.4, -0.2) is 26.0 Å². The van der Waals surface area contributed by atoms with Crippen molar-refractivity contribution in [2.45, 2.75) is 19.6 Å². The van der Waals surface area contributed by atoms with Crippen LogP contribution >= 0.6 is 12.2 Å². The lowest BCUT2D eigenvalue weighted by Gasteiger charge is -2.28. The number of nitrogens with zero attached hydrogens (tertiary/aromatic N) is 3. The van der Waals surface area contributed by atoms with E-state index in [0.717, 1.165) is 36.6 Å². The normalized spacial score (nSPS) is 15.1. The number of hydrogen-bond donors (Lipinski definition) is 1. The van der Waals surface area contributed by atoms with Crippen LogP contribution in [-0.2, 0) is 19.6 Å². The van der Waals surface area contributed by atoms with E-state index in [2.05, 4.69) is 14.5 Å². The number of imidazole rings is 1. The summed E-state index contributed by atoms with van der Waals surface area (Å²) >= 11 is 5.03. The largest absolute Gasteiger partial charge is 0.389 e. The summed E-state index contributed by atoms with van der Waals surface area (Å²) in [5.41, 5.74) is 7.28. The Kier molecular flexibility index (Phi) is 3.50. The van der Waals surface area contributed by atoms with Gasteiger partial charge in [0.2, 0.25) is 0 Å². The van der Waals surface area contributed by atoms with Crippen LogP contribution in [0.25, 0.3) is 0 Å². The fourth-order valence-corrected chi connectivity index (χ4v) is 2.73. The van der Waals surface area contributed by atoms with Gasteiger partial charge in [0.15, 0.2) is 0 Å². The summed E-state index contributed by atoms with van der Waals surface area (Å²) in [5.74, 6) is 0.767. The highest BCUT2D eigenvalue weighted by Gasteiger charge is 2.18. The Hall–Kier alpha value is -1.79. The zero-order chi connectivity index (χ0) is 14.1. The second-order valence-corrected chi connectivity index (χ2v) is 5.35. The van der Waals surface area contributed by atoms with Gasteiger partial charge in [-0.1, -0.05) is 12.2 Å². The van der Waals surface area contributed by atoms with E-state index in [9.17, 15) is 4.39 Å². The van der Waals surface area contributed by atoms with E-state index in [1.807, 2.05) is 12.4 Å². The monoisotopic (exact) mass is 290 g/mol. The molecule has 0 saturated heterocycles. The molecule has 0 spiro atoms. The molecule has 104 valence electrons. The summed E-state index contributed by atoms with van der Waals surface area (Å²) < 4.78 is 15.6. The molecule has 1 aromatic carbocycles. The van der Waals surface area contributed by atoms with Crippen molar-refractivity contribution in [3.63, 3.8) is 0 Å². The van der Waals surface area contributed by atoms with Crippen molar-refractivity contribution in [1.29, 1.82) is 0 Å². The van der Waals surface area contributed by atoms with Crippen LogP contribution in [0.2, 0.25) is 0 Å². The number of halogens is 1. The van der Waals surface area contributed by atoms with Gasteiger partial charge in [-0.3, -0.25) is 4.90 Å². The van der Waals surface area contributed by atoms with Crippen molar-refractivity contribution >= 4 is 17.2 Å². The summed E-state index contributed by atoms with van der Waals surface area (Å²) in [6.45, 7) is 3.17. The molecule has 0 aliphatic carbocycles. The lowest BCUT2D eigenvalue weighted by atomic mass is 10.1. The quantitative estimate of drug-likeness (QED) is 0.874. The average Bonchev–Trinajstić information content (AvgIpc) is 2.85. The molecule has 0 fully saturated rings. The maximum absolute atomic E-state index is 13.4. The summed E-state index contributed by atoms with van der Waals surface area (Å²) in [4.78, 5) is 6.85. The molecule has 6 heteroatoms. The van der Waals surface area contributed by atoms with Crippen molar-refractivity contribution in [2.75, 3.05) is 6.54 Å². The second-order valence-electron chi connectivity index (χ2n) is 4.91. The minimum Gasteiger partial charge on any atom is -0.389 e. The van der Waals surface area contributed by atoms with Crippen LogP contribution in [0.1, 0.15) is 17.0 Å². The molecule has 1 aliphatic heterocycles. The molecule has 1 aliphatic rings. The summed E-state index contributed by atoms with van der Waals surface area (Å²) in [5, 5.41) is 0. The van der Waals surface area contributed by atoms with Crippen LogP contribution in [0, 0.1) is 5.82 Å².